The van der Waals surface area contributed by atoms with Gasteiger partial charge >= 0.3 is 6.09 Å². The first-order valence-corrected chi connectivity index (χ1v) is 9.94. The van der Waals surface area contributed by atoms with Crippen molar-refractivity contribution in [3.05, 3.63) is 63.6 Å². The van der Waals surface area contributed by atoms with Gasteiger partial charge in [0.2, 0.25) is 0 Å². The first-order valence-electron chi connectivity index (χ1n) is 9.94. The number of pyridine rings is 1. The molecule has 1 aromatic carbocycles. The van der Waals surface area contributed by atoms with Crippen LogP contribution in [0.5, 0.6) is 5.75 Å². The normalized spacial score (nSPS) is 13.4. The number of benzene rings is 1. The minimum Gasteiger partial charge on any atom is -0.508 e. The Kier molecular flexibility index (Phi) is 6.29. The van der Waals surface area contributed by atoms with Gasteiger partial charge in [-0.1, -0.05) is 18.2 Å². The van der Waals surface area contributed by atoms with Gasteiger partial charge in [0.1, 0.15) is 18.0 Å². The smallest absolute Gasteiger partial charge is 0.410 e. The second-order valence-electron chi connectivity index (χ2n) is 8.35. The summed E-state index contributed by atoms with van der Waals surface area (Å²) in [6.45, 7) is 4.93. The Labute approximate surface area is 175 Å². The molecular weight excluding hydrogens is 387 g/mol. The molecular formula is C23H27FN2O4. The lowest BCUT2D eigenvalue weighted by Crippen LogP contribution is -2.37. The monoisotopic (exact) mass is 414 g/mol. The van der Waals surface area contributed by atoms with Crippen LogP contribution in [0, 0.1) is 0 Å². The number of alkyl halides is 1. The molecule has 0 unspecified atom stereocenters. The van der Waals surface area contributed by atoms with E-state index < -0.39 is 18.4 Å². The molecule has 0 atom stereocenters. The molecule has 3 rings (SSSR count). The molecule has 1 N–H and O–H groups in total. The highest BCUT2D eigenvalue weighted by atomic mass is 19.1. The number of carbonyl (C=O) groups excluding carboxylic acids is 1. The third kappa shape index (κ3) is 5.28. The van der Waals surface area contributed by atoms with Crippen molar-refractivity contribution in [2.24, 2.45) is 0 Å². The van der Waals surface area contributed by atoms with Gasteiger partial charge in [-0.3, -0.25) is 9.36 Å². The van der Waals surface area contributed by atoms with E-state index in [2.05, 4.69) is 0 Å². The number of aromatic nitrogens is 1. The van der Waals surface area contributed by atoms with Gasteiger partial charge in [0.25, 0.3) is 5.56 Å². The van der Waals surface area contributed by atoms with Crippen molar-refractivity contribution >= 4 is 17.9 Å². The number of amides is 1. The summed E-state index contributed by atoms with van der Waals surface area (Å²) in [4.78, 5) is 25.9. The predicted octanol–water partition coefficient (Wildman–Crippen LogP) is 4.20. The zero-order valence-corrected chi connectivity index (χ0v) is 17.5. The molecule has 1 heterocycles. The molecule has 0 radical (unpaired) electrons. The molecule has 6 nitrogen and oxygen atoms in total. The van der Waals surface area contributed by atoms with E-state index in [1.165, 1.54) is 21.6 Å². The second-order valence-corrected chi connectivity index (χ2v) is 8.35. The molecule has 1 aliphatic carbocycles. The summed E-state index contributed by atoms with van der Waals surface area (Å²) in [6.07, 6.45) is 4.39. The topological polar surface area (TPSA) is 71.8 Å². The zero-order chi connectivity index (χ0) is 21.9. The lowest BCUT2D eigenvalue weighted by atomic mass is 9.93. The lowest BCUT2D eigenvalue weighted by Gasteiger charge is -2.27. The average Bonchev–Trinajstić information content (AvgIpc) is 2.66. The largest absolute Gasteiger partial charge is 0.508 e. The fraction of sp³-hybridized carbons (Fsp3) is 0.391. The molecule has 1 aromatic heterocycles. The van der Waals surface area contributed by atoms with Gasteiger partial charge in [-0.25, -0.2) is 9.18 Å². The highest BCUT2D eigenvalue weighted by Crippen LogP contribution is 2.27. The standard InChI is InChI=1S/C23H27FN2O4/c1-23(2,3)30-22(29)25(11-9-24)15-16-4-5-18-13-19(7-6-17(18)12-16)26-10-8-20(27)14-21(26)28/h4-5,8,10,12-14,27H,6-7,9,11,15H2,1-3H3. The van der Waals surface area contributed by atoms with E-state index in [0.29, 0.717) is 6.42 Å². The Morgan fingerprint density at radius 2 is 2.00 bits per heavy atom. The van der Waals surface area contributed by atoms with Crippen LogP contribution in [0.2, 0.25) is 0 Å². The summed E-state index contributed by atoms with van der Waals surface area (Å²) in [5.74, 6) is -0.0551. The fourth-order valence-corrected chi connectivity index (χ4v) is 3.41. The van der Waals surface area contributed by atoms with Gasteiger partial charge in [-0.05, 0) is 62.4 Å². The molecule has 7 heteroatoms. The molecule has 0 aliphatic heterocycles. The number of aromatic hydroxyl groups is 1. The third-order valence-corrected chi connectivity index (χ3v) is 4.77. The molecule has 2 aromatic rings. The first-order chi connectivity index (χ1) is 14.2. The third-order valence-electron chi connectivity index (χ3n) is 4.77. The number of fused-ring (bicyclic) bond motifs is 1. The highest BCUT2D eigenvalue weighted by Gasteiger charge is 2.22. The number of allylic oxidation sites excluding steroid dienone is 1. The van der Waals surface area contributed by atoms with Gasteiger partial charge in [-0.2, -0.15) is 0 Å². The number of ether oxygens (including phenoxy) is 1. The second kappa shape index (κ2) is 8.73. The quantitative estimate of drug-likeness (QED) is 0.796. The van der Waals surface area contributed by atoms with Crippen LogP contribution in [0.15, 0.2) is 41.3 Å². The van der Waals surface area contributed by atoms with Crippen molar-refractivity contribution < 1.29 is 19.0 Å². The number of hydrogen-bond acceptors (Lipinski definition) is 4. The minimum atomic E-state index is -0.644. The molecule has 30 heavy (non-hydrogen) atoms. The van der Waals surface area contributed by atoms with E-state index in [4.69, 9.17) is 4.74 Å². The van der Waals surface area contributed by atoms with Crippen LogP contribution in [-0.4, -0.2) is 39.5 Å². The molecule has 1 aliphatic rings. The number of nitrogens with zero attached hydrogens (tertiary/aromatic N) is 2. The van der Waals surface area contributed by atoms with Crippen LogP contribution in [0.3, 0.4) is 0 Å². The predicted molar refractivity (Wildman–Crippen MR) is 114 cm³/mol. The first kappa shape index (κ1) is 21.6. The Hall–Kier alpha value is -3.09. The number of aryl methyl sites for hydroxylation is 1. The fourth-order valence-electron chi connectivity index (χ4n) is 3.41. The lowest BCUT2D eigenvalue weighted by molar-refractivity contribution is 0.0222. The number of carbonyl (C=O) groups is 1. The number of rotatable bonds is 5. The van der Waals surface area contributed by atoms with E-state index in [-0.39, 0.29) is 24.4 Å². The van der Waals surface area contributed by atoms with Crippen molar-refractivity contribution in [3.8, 4) is 5.75 Å². The Morgan fingerprint density at radius 3 is 2.67 bits per heavy atom. The van der Waals surface area contributed by atoms with Crippen LogP contribution >= 0.6 is 0 Å². The maximum atomic E-state index is 13.0. The number of halogens is 1. The van der Waals surface area contributed by atoms with E-state index in [9.17, 15) is 19.1 Å². The minimum absolute atomic E-state index is 0.0280. The molecule has 0 saturated heterocycles. The molecule has 0 bridgehead atoms. The maximum absolute atomic E-state index is 13.0. The van der Waals surface area contributed by atoms with Crippen molar-refractivity contribution in [2.75, 3.05) is 13.2 Å². The van der Waals surface area contributed by atoms with Gasteiger partial charge in [0.15, 0.2) is 0 Å². The molecule has 0 spiro atoms. The Bertz CT molecular complexity index is 1020. The van der Waals surface area contributed by atoms with E-state index in [1.807, 2.05) is 24.3 Å². The van der Waals surface area contributed by atoms with Crippen molar-refractivity contribution in [1.29, 1.82) is 0 Å². The van der Waals surface area contributed by atoms with E-state index >= 15 is 0 Å². The number of hydrogen-bond donors (Lipinski definition) is 1. The highest BCUT2D eigenvalue weighted by molar-refractivity contribution is 5.75. The van der Waals surface area contributed by atoms with Crippen molar-refractivity contribution in [1.82, 2.24) is 9.47 Å². The van der Waals surface area contributed by atoms with Crippen LogP contribution in [-0.2, 0) is 17.7 Å². The van der Waals surface area contributed by atoms with Crippen LogP contribution < -0.4 is 5.56 Å². The van der Waals surface area contributed by atoms with E-state index in [0.717, 1.165) is 28.8 Å². The summed E-state index contributed by atoms with van der Waals surface area (Å²) < 4.78 is 19.9. The van der Waals surface area contributed by atoms with Crippen molar-refractivity contribution in [2.45, 2.75) is 45.8 Å². The molecule has 0 saturated carbocycles. The molecule has 1 amide bonds. The van der Waals surface area contributed by atoms with Gasteiger partial charge in [0, 0.05) is 24.5 Å². The zero-order valence-electron chi connectivity index (χ0n) is 17.5. The van der Waals surface area contributed by atoms with Crippen LogP contribution in [0.25, 0.3) is 11.8 Å². The van der Waals surface area contributed by atoms with E-state index in [1.54, 1.807) is 27.0 Å². The Morgan fingerprint density at radius 1 is 1.23 bits per heavy atom. The van der Waals surface area contributed by atoms with Gasteiger partial charge < -0.3 is 14.7 Å². The summed E-state index contributed by atoms with van der Waals surface area (Å²) in [5.41, 5.74) is 2.93. The molecule has 0 fully saturated rings. The Balaban J connectivity index is 1.80. The van der Waals surface area contributed by atoms with Crippen molar-refractivity contribution in [3.63, 3.8) is 0 Å². The summed E-state index contributed by atoms with van der Waals surface area (Å²) in [5, 5.41) is 9.44. The summed E-state index contributed by atoms with van der Waals surface area (Å²) in [6, 6.07) is 8.52. The van der Waals surface area contributed by atoms with Crippen LogP contribution in [0.1, 0.15) is 43.9 Å². The molecule has 160 valence electrons. The van der Waals surface area contributed by atoms with Gasteiger partial charge in [0.05, 0.1) is 6.54 Å². The van der Waals surface area contributed by atoms with Gasteiger partial charge in [-0.15, -0.1) is 0 Å². The average molecular weight is 414 g/mol. The maximum Gasteiger partial charge on any atom is 0.410 e. The summed E-state index contributed by atoms with van der Waals surface area (Å²) >= 11 is 0. The summed E-state index contributed by atoms with van der Waals surface area (Å²) in [7, 11) is 0. The van der Waals surface area contributed by atoms with Crippen LogP contribution in [0.4, 0.5) is 9.18 Å². The SMILES string of the molecule is CC(C)(C)OC(=O)N(CCF)Cc1ccc2c(c1)CCC(n1ccc(O)cc1=O)=C2.